The maximum Gasteiger partial charge on any atom is 0.315 e. The topological polar surface area (TPSA) is 94.3 Å². The largest absolute Gasteiger partial charge is 0.468 e. The molecule has 1 amide bonds. The van der Waals surface area contributed by atoms with Gasteiger partial charge in [0.1, 0.15) is 5.82 Å². The molecule has 120 valence electrons. The third-order valence-electron chi connectivity index (χ3n) is 2.82. The number of hydrogen-bond donors (Lipinski definition) is 2. The molecule has 2 rings (SSSR count). The van der Waals surface area contributed by atoms with Crippen molar-refractivity contribution in [3.05, 3.63) is 47.1 Å². The lowest BCUT2D eigenvalue weighted by Crippen LogP contribution is -2.15. The summed E-state index contributed by atoms with van der Waals surface area (Å²) in [5.41, 5.74) is 6.48. The van der Waals surface area contributed by atoms with Gasteiger partial charge < -0.3 is 15.8 Å². The minimum atomic E-state index is -0.391. The number of nitrogens with one attached hydrogen (secondary N) is 1. The first kappa shape index (κ1) is 17.1. The van der Waals surface area contributed by atoms with Crippen LogP contribution < -0.4 is 11.1 Å². The highest BCUT2D eigenvalue weighted by Crippen LogP contribution is 2.24. The lowest BCUT2D eigenvalue weighted by molar-refractivity contribution is -0.137. The fraction of sp³-hybridized carbons (Fsp3) is 0.133. The Morgan fingerprint density at radius 2 is 2.13 bits per heavy atom. The molecule has 0 radical (unpaired) electrons. The summed E-state index contributed by atoms with van der Waals surface area (Å²) in [6.45, 7) is 0. The van der Waals surface area contributed by atoms with Gasteiger partial charge in [0, 0.05) is 16.8 Å². The number of methoxy groups -OCH3 is 1. The molecule has 6 nitrogen and oxygen atoms in total. The van der Waals surface area contributed by atoms with Gasteiger partial charge in [0.25, 0.3) is 5.91 Å². The Balaban J connectivity index is 2.12. The maximum absolute atomic E-state index is 12.3. The summed E-state index contributed by atoms with van der Waals surface area (Å²) < 4.78 is 4.58. The van der Waals surface area contributed by atoms with Gasteiger partial charge in [-0.15, -0.1) is 11.8 Å². The minimum Gasteiger partial charge on any atom is -0.468 e. The molecule has 3 N–H and O–H groups in total. The van der Waals surface area contributed by atoms with Gasteiger partial charge in [0.2, 0.25) is 0 Å². The third kappa shape index (κ3) is 4.87. The fourth-order valence-corrected chi connectivity index (χ4v) is 2.54. The average molecular weight is 352 g/mol. The van der Waals surface area contributed by atoms with E-state index in [0.717, 1.165) is 4.90 Å². The lowest BCUT2D eigenvalue weighted by Gasteiger charge is -2.09. The van der Waals surface area contributed by atoms with Crippen molar-refractivity contribution in [1.29, 1.82) is 0 Å². The van der Waals surface area contributed by atoms with Gasteiger partial charge in [-0.1, -0.05) is 11.6 Å². The van der Waals surface area contributed by atoms with Crippen LogP contribution in [0.25, 0.3) is 0 Å². The molecule has 0 aliphatic rings. The summed E-state index contributed by atoms with van der Waals surface area (Å²) in [4.78, 5) is 28.2. The third-order valence-corrected chi connectivity index (χ3v) is 4.01. The van der Waals surface area contributed by atoms with E-state index in [-0.39, 0.29) is 11.7 Å². The van der Waals surface area contributed by atoms with Crippen molar-refractivity contribution in [2.24, 2.45) is 0 Å². The van der Waals surface area contributed by atoms with E-state index in [1.54, 1.807) is 30.3 Å². The fourth-order valence-electron chi connectivity index (χ4n) is 1.66. The smallest absolute Gasteiger partial charge is 0.315 e. The summed E-state index contributed by atoms with van der Waals surface area (Å²) in [7, 11) is 1.32. The van der Waals surface area contributed by atoms with Crippen LogP contribution in [0.5, 0.6) is 0 Å². The van der Waals surface area contributed by atoms with E-state index in [1.807, 2.05) is 0 Å². The van der Waals surface area contributed by atoms with Gasteiger partial charge in [-0.25, -0.2) is 4.98 Å². The van der Waals surface area contributed by atoms with Crippen LogP contribution in [-0.4, -0.2) is 29.7 Å². The van der Waals surface area contributed by atoms with Crippen molar-refractivity contribution in [2.45, 2.75) is 4.90 Å². The Morgan fingerprint density at radius 1 is 1.35 bits per heavy atom. The van der Waals surface area contributed by atoms with Crippen LogP contribution in [0.15, 0.2) is 41.4 Å². The number of rotatable bonds is 5. The van der Waals surface area contributed by atoms with E-state index in [9.17, 15) is 9.59 Å². The zero-order chi connectivity index (χ0) is 16.8. The summed E-state index contributed by atoms with van der Waals surface area (Å²) in [6.07, 6.45) is 1.43. The van der Waals surface area contributed by atoms with E-state index in [4.69, 9.17) is 17.3 Å². The minimum absolute atomic E-state index is 0.153. The number of aromatic nitrogens is 1. The van der Waals surface area contributed by atoms with Crippen molar-refractivity contribution < 1.29 is 14.3 Å². The van der Waals surface area contributed by atoms with E-state index >= 15 is 0 Å². The highest BCUT2D eigenvalue weighted by Gasteiger charge is 2.12. The maximum atomic E-state index is 12.3. The number of thioether (sulfide) groups is 1. The molecule has 0 spiro atoms. The van der Waals surface area contributed by atoms with Crippen LogP contribution in [0.3, 0.4) is 0 Å². The number of esters is 1. The van der Waals surface area contributed by atoms with E-state index in [1.165, 1.54) is 25.1 Å². The number of ether oxygens (including phenoxy) is 1. The molecule has 0 aliphatic heterocycles. The number of anilines is 2. The SMILES string of the molecule is COC(=O)CSc1ccc(N)c(C(=O)Nc2ccc(Cl)cn2)c1. The highest BCUT2D eigenvalue weighted by molar-refractivity contribution is 8.00. The number of carbonyl (C=O) groups is 2. The van der Waals surface area contributed by atoms with E-state index in [0.29, 0.717) is 22.1 Å². The quantitative estimate of drug-likeness (QED) is 0.488. The predicted octanol–water partition coefficient (Wildman–Crippen LogP) is 2.83. The summed E-state index contributed by atoms with van der Waals surface area (Å²) in [5.74, 6) is -0.215. The Morgan fingerprint density at radius 3 is 2.78 bits per heavy atom. The highest BCUT2D eigenvalue weighted by atomic mass is 35.5. The molecule has 0 aliphatic carbocycles. The number of nitrogens with two attached hydrogens (primary N) is 1. The zero-order valence-corrected chi connectivity index (χ0v) is 13.8. The van der Waals surface area contributed by atoms with Crippen molar-refractivity contribution in [1.82, 2.24) is 4.98 Å². The van der Waals surface area contributed by atoms with Gasteiger partial charge in [-0.3, -0.25) is 9.59 Å². The Kier molecular flexibility index (Phi) is 5.84. The molecule has 0 atom stereocenters. The number of nitrogens with zero attached hydrogens (tertiary/aromatic N) is 1. The van der Waals surface area contributed by atoms with Crippen LogP contribution in [-0.2, 0) is 9.53 Å². The molecule has 8 heteroatoms. The number of amides is 1. The molecule has 1 aromatic carbocycles. The van der Waals surface area contributed by atoms with Crippen LogP contribution >= 0.6 is 23.4 Å². The molecule has 23 heavy (non-hydrogen) atoms. The number of benzene rings is 1. The van der Waals surface area contributed by atoms with Gasteiger partial charge in [0.15, 0.2) is 0 Å². The number of nitrogen functional groups attached to an aromatic ring is 1. The molecule has 2 aromatic rings. The number of pyridine rings is 1. The van der Waals surface area contributed by atoms with Crippen molar-refractivity contribution in [2.75, 3.05) is 23.9 Å². The molecule has 0 saturated carbocycles. The van der Waals surface area contributed by atoms with E-state index < -0.39 is 5.91 Å². The normalized spacial score (nSPS) is 10.2. The standard InChI is InChI=1S/C15H14ClN3O3S/c1-22-14(20)8-23-10-3-4-12(17)11(6-10)15(21)19-13-5-2-9(16)7-18-13/h2-7H,8,17H2,1H3,(H,18,19,21). The van der Waals surface area contributed by atoms with Crippen molar-refractivity contribution >= 4 is 46.7 Å². The molecule has 1 aromatic heterocycles. The average Bonchev–Trinajstić information content (AvgIpc) is 2.55. The molecule has 0 fully saturated rings. The van der Waals surface area contributed by atoms with Crippen molar-refractivity contribution in [3.8, 4) is 0 Å². The second-order valence-electron chi connectivity index (χ2n) is 4.43. The van der Waals surface area contributed by atoms with Crippen LogP contribution in [0.2, 0.25) is 5.02 Å². The number of hydrogen-bond acceptors (Lipinski definition) is 6. The molecule has 1 heterocycles. The Bertz CT molecular complexity index is 722. The predicted molar refractivity (Wildman–Crippen MR) is 90.8 cm³/mol. The second kappa shape index (κ2) is 7.85. The molecular formula is C15H14ClN3O3S. The van der Waals surface area contributed by atoms with Crippen LogP contribution in [0, 0.1) is 0 Å². The number of carbonyl (C=O) groups excluding carboxylic acids is 2. The summed E-state index contributed by atoms with van der Waals surface area (Å²) in [5, 5.41) is 3.12. The first-order valence-corrected chi connectivity index (χ1v) is 7.88. The van der Waals surface area contributed by atoms with Gasteiger partial charge in [-0.05, 0) is 30.3 Å². The number of halogens is 1. The first-order chi connectivity index (χ1) is 11.0. The van der Waals surface area contributed by atoms with Gasteiger partial charge in [-0.2, -0.15) is 0 Å². The van der Waals surface area contributed by atoms with Crippen LogP contribution in [0.1, 0.15) is 10.4 Å². The van der Waals surface area contributed by atoms with Crippen molar-refractivity contribution in [3.63, 3.8) is 0 Å². The summed E-state index contributed by atoms with van der Waals surface area (Å²) in [6, 6.07) is 8.18. The van der Waals surface area contributed by atoms with Gasteiger partial charge >= 0.3 is 5.97 Å². The van der Waals surface area contributed by atoms with E-state index in [2.05, 4.69) is 15.0 Å². The Hall–Kier alpha value is -2.25. The molecule has 0 saturated heterocycles. The van der Waals surface area contributed by atoms with Crippen LogP contribution in [0.4, 0.5) is 11.5 Å². The monoisotopic (exact) mass is 351 g/mol. The lowest BCUT2D eigenvalue weighted by atomic mass is 10.1. The second-order valence-corrected chi connectivity index (χ2v) is 5.91. The molecule has 0 bridgehead atoms. The molecule has 0 unspecified atom stereocenters. The molecular weight excluding hydrogens is 338 g/mol. The zero-order valence-electron chi connectivity index (χ0n) is 12.2. The first-order valence-electron chi connectivity index (χ1n) is 6.51. The summed E-state index contributed by atoms with van der Waals surface area (Å²) >= 11 is 7.01. The Labute approximate surface area is 142 Å². The van der Waals surface area contributed by atoms with Gasteiger partial charge in [0.05, 0.1) is 23.4 Å².